The minimum atomic E-state index is -0.924. The first-order chi connectivity index (χ1) is 15.7. The minimum Gasteiger partial charge on any atom is -0.507 e. The number of benzene rings is 2. The van der Waals surface area contributed by atoms with Crippen LogP contribution in [-0.4, -0.2) is 22.9 Å². The number of anilines is 1. The first kappa shape index (κ1) is 22.7. The number of rotatable bonds is 5. The highest BCUT2D eigenvalue weighted by molar-refractivity contribution is 6.51. The van der Waals surface area contributed by atoms with Crippen LogP contribution in [0.1, 0.15) is 42.3 Å². The van der Waals surface area contributed by atoms with E-state index in [1.807, 2.05) is 20.8 Å². The first-order valence-corrected chi connectivity index (χ1v) is 10.9. The molecule has 1 fully saturated rings. The maximum atomic E-state index is 13.2. The first-order valence-electron chi connectivity index (χ1n) is 10.6. The molecule has 4 rings (SSSR count). The molecule has 0 bridgehead atoms. The van der Waals surface area contributed by atoms with E-state index >= 15 is 0 Å². The molecular weight excluding hydrogens is 442 g/mol. The number of aliphatic hydroxyl groups excluding tert-OH is 1. The van der Waals surface area contributed by atoms with Crippen molar-refractivity contribution in [3.8, 4) is 5.75 Å². The van der Waals surface area contributed by atoms with E-state index in [0.29, 0.717) is 33.3 Å². The number of aryl methyl sites for hydroxylation is 2. The van der Waals surface area contributed by atoms with E-state index < -0.39 is 17.7 Å². The third kappa shape index (κ3) is 4.14. The fourth-order valence-electron chi connectivity index (χ4n) is 4.02. The van der Waals surface area contributed by atoms with Gasteiger partial charge in [0.05, 0.1) is 17.9 Å². The zero-order valence-electron chi connectivity index (χ0n) is 18.8. The fraction of sp³-hybridized carbons (Fsp3) is 0.231. The number of carbonyl (C=O) groups is 2. The van der Waals surface area contributed by atoms with E-state index in [0.717, 1.165) is 5.56 Å². The van der Waals surface area contributed by atoms with Crippen molar-refractivity contribution in [3.63, 3.8) is 0 Å². The average molecular weight is 466 g/mol. The highest BCUT2D eigenvalue weighted by Gasteiger charge is 2.48. The number of ketones is 1. The van der Waals surface area contributed by atoms with Gasteiger partial charge in [-0.2, -0.15) is 0 Å². The van der Waals surface area contributed by atoms with E-state index in [4.69, 9.17) is 20.8 Å². The fourth-order valence-corrected chi connectivity index (χ4v) is 4.25. The molecule has 1 aromatic heterocycles. The van der Waals surface area contributed by atoms with Gasteiger partial charge in [0.2, 0.25) is 0 Å². The van der Waals surface area contributed by atoms with Crippen molar-refractivity contribution in [2.75, 3.05) is 4.90 Å². The topological polar surface area (TPSA) is 80.0 Å². The van der Waals surface area contributed by atoms with E-state index in [9.17, 15) is 14.7 Å². The summed E-state index contributed by atoms with van der Waals surface area (Å²) in [7, 11) is 0. The summed E-state index contributed by atoms with van der Waals surface area (Å²) in [5.41, 5.74) is 2.39. The van der Waals surface area contributed by atoms with Crippen LogP contribution in [0.2, 0.25) is 5.02 Å². The molecular formula is C26H24ClNO5. The van der Waals surface area contributed by atoms with E-state index in [2.05, 4.69) is 0 Å². The van der Waals surface area contributed by atoms with Crippen LogP contribution in [0.25, 0.3) is 5.76 Å². The molecule has 0 radical (unpaired) electrons. The summed E-state index contributed by atoms with van der Waals surface area (Å²) >= 11 is 6.09. The van der Waals surface area contributed by atoms with E-state index in [1.54, 1.807) is 55.5 Å². The number of Topliss-reactive ketones (excluding diaryl/α,β-unsaturated/α-hetero) is 1. The van der Waals surface area contributed by atoms with E-state index in [1.165, 1.54) is 11.2 Å². The lowest BCUT2D eigenvalue weighted by atomic mass is 9.98. The molecule has 33 heavy (non-hydrogen) atoms. The Labute approximate surface area is 197 Å². The van der Waals surface area contributed by atoms with Gasteiger partial charge in [0.25, 0.3) is 11.7 Å². The summed E-state index contributed by atoms with van der Waals surface area (Å²) < 4.78 is 11.4. The Morgan fingerprint density at radius 1 is 1.09 bits per heavy atom. The van der Waals surface area contributed by atoms with Crippen molar-refractivity contribution in [1.82, 2.24) is 0 Å². The van der Waals surface area contributed by atoms with Crippen molar-refractivity contribution in [3.05, 3.63) is 87.8 Å². The molecule has 1 atom stereocenters. The highest BCUT2D eigenvalue weighted by atomic mass is 35.5. The van der Waals surface area contributed by atoms with Gasteiger partial charge in [-0.05, 0) is 87.4 Å². The van der Waals surface area contributed by atoms with Gasteiger partial charge in [-0.3, -0.25) is 14.5 Å². The van der Waals surface area contributed by atoms with Crippen LogP contribution in [0.4, 0.5) is 5.69 Å². The standard InChI is InChI=1S/C26H24ClNO5/c1-14(2)33-20-10-7-17(12-16(20)4)24(29)22-23(21-6-5-11-32-21)28(26(31)25(22)30)19-9-8-18(27)13-15(19)3/h5-14,23,29H,1-4H3/b24-22-. The minimum absolute atomic E-state index is 0.00459. The van der Waals surface area contributed by atoms with Gasteiger partial charge in [0.1, 0.15) is 23.3 Å². The van der Waals surface area contributed by atoms with Crippen molar-refractivity contribution in [2.24, 2.45) is 0 Å². The van der Waals surface area contributed by atoms with E-state index in [-0.39, 0.29) is 17.4 Å². The molecule has 0 aliphatic carbocycles. The number of carbonyl (C=O) groups excluding carboxylic acids is 2. The highest BCUT2D eigenvalue weighted by Crippen LogP contribution is 2.43. The van der Waals surface area contributed by atoms with Crippen molar-refractivity contribution in [1.29, 1.82) is 0 Å². The number of furan rings is 1. The molecule has 2 heterocycles. The van der Waals surface area contributed by atoms with Crippen molar-refractivity contribution >= 4 is 34.7 Å². The van der Waals surface area contributed by atoms with Gasteiger partial charge >= 0.3 is 0 Å². The number of halogens is 1. The van der Waals surface area contributed by atoms with Gasteiger partial charge in [-0.25, -0.2) is 0 Å². The molecule has 3 aromatic rings. The molecule has 0 saturated carbocycles. The molecule has 2 aromatic carbocycles. The lowest BCUT2D eigenvalue weighted by Gasteiger charge is -2.25. The van der Waals surface area contributed by atoms with Gasteiger partial charge in [-0.1, -0.05) is 11.6 Å². The van der Waals surface area contributed by atoms with Crippen LogP contribution in [0.15, 0.2) is 64.8 Å². The molecule has 1 aliphatic rings. The molecule has 1 aliphatic heterocycles. The number of hydrogen-bond acceptors (Lipinski definition) is 5. The second kappa shape index (κ2) is 8.79. The number of ether oxygens (including phenoxy) is 1. The summed E-state index contributed by atoms with van der Waals surface area (Å²) in [5.74, 6) is -0.769. The van der Waals surface area contributed by atoms with Gasteiger partial charge in [-0.15, -0.1) is 0 Å². The summed E-state index contributed by atoms with van der Waals surface area (Å²) in [4.78, 5) is 27.7. The van der Waals surface area contributed by atoms with Crippen LogP contribution in [0.3, 0.4) is 0 Å². The average Bonchev–Trinajstić information content (AvgIpc) is 3.36. The zero-order chi connectivity index (χ0) is 23.9. The number of aliphatic hydroxyl groups is 1. The number of hydrogen-bond donors (Lipinski definition) is 1. The Morgan fingerprint density at radius 3 is 2.45 bits per heavy atom. The SMILES string of the molecule is Cc1cc(/C(O)=C2/C(=O)C(=O)N(c3ccc(Cl)cc3C)C2c2ccco2)ccc1OC(C)C. The summed E-state index contributed by atoms with van der Waals surface area (Å²) in [6.07, 6.45) is 1.46. The quantitative estimate of drug-likeness (QED) is 0.285. The number of amides is 1. The monoisotopic (exact) mass is 465 g/mol. The van der Waals surface area contributed by atoms with Crippen LogP contribution >= 0.6 is 11.6 Å². The predicted octanol–water partition coefficient (Wildman–Crippen LogP) is 5.96. The van der Waals surface area contributed by atoms with Gasteiger partial charge in [0, 0.05) is 16.3 Å². The largest absolute Gasteiger partial charge is 0.507 e. The van der Waals surface area contributed by atoms with Crippen molar-refractivity contribution in [2.45, 2.75) is 39.8 Å². The Balaban J connectivity index is 1.88. The molecule has 170 valence electrons. The molecule has 1 N–H and O–H groups in total. The lowest BCUT2D eigenvalue weighted by Crippen LogP contribution is -2.29. The van der Waals surface area contributed by atoms with Crippen LogP contribution in [0.5, 0.6) is 5.75 Å². The lowest BCUT2D eigenvalue weighted by molar-refractivity contribution is -0.132. The second-order valence-corrected chi connectivity index (χ2v) is 8.70. The Kier molecular flexibility index (Phi) is 6.04. The predicted molar refractivity (Wildman–Crippen MR) is 127 cm³/mol. The molecule has 6 nitrogen and oxygen atoms in total. The van der Waals surface area contributed by atoms with Gasteiger partial charge < -0.3 is 14.3 Å². The third-order valence-corrected chi connectivity index (χ3v) is 5.72. The molecule has 0 spiro atoms. The second-order valence-electron chi connectivity index (χ2n) is 8.26. The van der Waals surface area contributed by atoms with Crippen LogP contribution in [0, 0.1) is 13.8 Å². The molecule has 1 amide bonds. The van der Waals surface area contributed by atoms with Crippen LogP contribution in [-0.2, 0) is 9.59 Å². The Bertz CT molecular complexity index is 1260. The Morgan fingerprint density at radius 2 is 1.85 bits per heavy atom. The maximum Gasteiger partial charge on any atom is 0.300 e. The Hall–Kier alpha value is -3.51. The molecule has 1 unspecified atom stereocenters. The third-order valence-electron chi connectivity index (χ3n) is 5.49. The van der Waals surface area contributed by atoms with Gasteiger partial charge in [0.15, 0.2) is 0 Å². The smallest absolute Gasteiger partial charge is 0.300 e. The van der Waals surface area contributed by atoms with Crippen LogP contribution < -0.4 is 9.64 Å². The summed E-state index contributed by atoms with van der Waals surface area (Å²) in [6.45, 7) is 7.51. The molecule has 1 saturated heterocycles. The summed E-state index contributed by atoms with van der Waals surface area (Å²) in [6, 6.07) is 12.6. The van der Waals surface area contributed by atoms with Crippen molar-refractivity contribution < 1.29 is 23.8 Å². The zero-order valence-corrected chi connectivity index (χ0v) is 19.5. The normalized spacial score (nSPS) is 17.8. The number of nitrogens with zero attached hydrogens (tertiary/aromatic N) is 1. The molecule has 7 heteroatoms. The summed E-state index contributed by atoms with van der Waals surface area (Å²) in [5, 5.41) is 11.7. The maximum absolute atomic E-state index is 13.2.